The first-order valence-electron chi connectivity index (χ1n) is 6.39. The Morgan fingerprint density at radius 1 is 1.16 bits per heavy atom. The Bertz CT molecular complexity index is 564. The molecule has 0 bridgehead atoms. The molecule has 0 aliphatic rings. The average Bonchev–Trinajstić information content (AvgIpc) is 2.47. The molecule has 2 aromatic rings. The molecule has 0 saturated carbocycles. The number of hydrogen-bond acceptors (Lipinski definition) is 4. The van der Waals surface area contributed by atoms with Crippen molar-refractivity contribution in [1.29, 1.82) is 0 Å². The maximum atomic E-state index is 5.18. The molecule has 0 unspecified atom stereocenters. The van der Waals surface area contributed by atoms with Crippen LogP contribution in [-0.2, 0) is 6.42 Å². The minimum Gasteiger partial charge on any atom is -0.497 e. The van der Waals surface area contributed by atoms with Gasteiger partial charge in [0.2, 0.25) is 0 Å². The molecule has 2 rings (SSSR count). The molecule has 1 aromatic carbocycles. The van der Waals surface area contributed by atoms with E-state index in [1.165, 1.54) is 0 Å². The standard InChI is InChI=1S/C15H19N3O/c1-5-13-17-14(10(2)15(16-3)18-13)11-6-8-12(19-4)9-7-11/h6-9H,5H2,1-4H3,(H,16,17,18). The third-order valence-electron chi connectivity index (χ3n) is 3.11. The summed E-state index contributed by atoms with van der Waals surface area (Å²) in [6.45, 7) is 4.09. The van der Waals surface area contributed by atoms with Crippen LogP contribution in [0.2, 0.25) is 0 Å². The summed E-state index contributed by atoms with van der Waals surface area (Å²) in [7, 11) is 3.55. The largest absolute Gasteiger partial charge is 0.497 e. The van der Waals surface area contributed by atoms with Gasteiger partial charge in [0.05, 0.1) is 12.8 Å². The van der Waals surface area contributed by atoms with Crippen LogP contribution in [0.5, 0.6) is 5.75 Å². The van der Waals surface area contributed by atoms with Crippen LogP contribution in [-0.4, -0.2) is 24.1 Å². The molecule has 4 nitrogen and oxygen atoms in total. The van der Waals surface area contributed by atoms with Crippen molar-refractivity contribution in [3.63, 3.8) is 0 Å². The molecular weight excluding hydrogens is 238 g/mol. The maximum Gasteiger partial charge on any atom is 0.132 e. The summed E-state index contributed by atoms with van der Waals surface area (Å²) < 4.78 is 5.18. The highest BCUT2D eigenvalue weighted by atomic mass is 16.5. The van der Waals surface area contributed by atoms with Crippen LogP contribution in [0, 0.1) is 6.92 Å². The van der Waals surface area contributed by atoms with Crippen LogP contribution in [0.25, 0.3) is 11.3 Å². The Hall–Kier alpha value is -2.10. The van der Waals surface area contributed by atoms with E-state index in [1.807, 2.05) is 38.2 Å². The van der Waals surface area contributed by atoms with E-state index in [-0.39, 0.29) is 0 Å². The van der Waals surface area contributed by atoms with E-state index in [0.29, 0.717) is 0 Å². The summed E-state index contributed by atoms with van der Waals surface area (Å²) in [5, 5.41) is 3.13. The van der Waals surface area contributed by atoms with Gasteiger partial charge in [-0.2, -0.15) is 0 Å². The number of aromatic nitrogens is 2. The monoisotopic (exact) mass is 257 g/mol. The number of nitrogens with one attached hydrogen (secondary N) is 1. The van der Waals surface area contributed by atoms with Crippen LogP contribution in [0.15, 0.2) is 24.3 Å². The second kappa shape index (κ2) is 5.69. The lowest BCUT2D eigenvalue weighted by Gasteiger charge is -2.12. The van der Waals surface area contributed by atoms with Gasteiger partial charge in [0.15, 0.2) is 0 Å². The van der Waals surface area contributed by atoms with Crippen LogP contribution >= 0.6 is 0 Å². The van der Waals surface area contributed by atoms with Gasteiger partial charge in [0.25, 0.3) is 0 Å². The highest BCUT2D eigenvalue weighted by Crippen LogP contribution is 2.27. The lowest BCUT2D eigenvalue weighted by Crippen LogP contribution is -2.04. The predicted octanol–water partition coefficient (Wildman–Crippen LogP) is 3.06. The van der Waals surface area contributed by atoms with Crippen molar-refractivity contribution in [3.8, 4) is 17.0 Å². The molecule has 1 N–H and O–H groups in total. The Kier molecular flexibility index (Phi) is 4.00. The molecule has 1 heterocycles. The van der Waals surface area contributed by atoms with Gasteiger partial charge in [-0.1, -0.05) is 6.92 Å². The predicted molar refractivity (Wildman–Crippen MR) is 77.7 cm³/mol. The quantitative estimate of drug-likeness (QED) is 0.914. The Morgan fingerprint density at radius 3 is 2.37 bits per heavy atom. The molecule has 0 amide bonds. The van der Waals surface area contributed by atoms with Gasteiger partial charge in [0, 0.05) is 24.6 Å². The molecule has 100 valence electrons. The number of hydrogen-bond donors (Lipinski definition) is 1. The third-order valence-corrected chi connectivity index (χ3v) is 3.11. The van der Waals surface area contributed by atoms with Crippen LogP contribution in [0.3, 0.4) is 0 Å². The SMILES string of the molecule is CCc1nc(NC)c(C)c(-c2ccc(OC)cc2)n1. The molecule has 0 aliphatic carbocycles. The topological polar surface area (TPSA) is 47.0 Å². The Morgan fingerprint density at radius 2 is 1.84 bits per heavy atom. The summed E-state index contributed by atoms with van der Waals surface area (Å²) in [6, 6.07) is 7.93. The highest BCUT2D eigenvalue weighted by Gasteiger charge is 2.11. The second-order valence-electron chi connectivity index (χ2n) is 4.29. The van der Waals surface area contributed by atoms with E-state index < -0.39 is 0 Å². The zero-order chi connectivity index (χ0) is 13.8. The van der Waals surface area contributed by atoms with Crippen LogP contribution < -0.4 is 10.1 Å². The normalized spacial score (nSPS) is 10.3. The Labute approximate surface area is 113 Å². The summed E-state index contributed by atoms with van der Waals surface area (Å²) in [5.41, 5.74) is 3.11. The maximum absolute atomic E-state index is 5.18. The van der Waals surface area contributed by atoms with Crippen molar-refractivity contribution in [2.24, 2.45) is 0 Å². The zero-order valence-electron chi connectivity index (χ0n) is 11.8. The van der Waals surface area contributed by atoms with Gasteiger partial charge >= 0.3 is 0 Å². The van der Waals surface area contributed by atoms with E-state index in [0.717, 1.165) is 40.6 Å². The first-order chi connectivity index (χ1) is 9.19. The van der Waals surface area contributed by atoms with Crippen molar-refractivity contribution in [3.05, 3.63) is 35.7 Å². The molecule has 0 fully saturated rings. The first kappa shape index (κ1) is 13.3. The highest BCUT2D eigenvalue weighted by molar-refractivity contribution is 5.68. The van der Waals surface area contributed by atoms with E-state index in [2.05, 4.69) is 22.2 Å². The Balaban J connectivity index is 2.53. The molecule has 19 heavy (non-hydrogen) atoms. The third kappa shape index (κ3) is 2.67. The van der Waals surface area contributed by atoms with Crippen molar-refractivity contribution in [2.45, 2.75) is 20.3 Å². The number of anilines is 1. The number of nitrogens with zero attached hydrogens (tertiary/aromatic N) is 2. The fourth-order valence-corrected chi connectivity index (χ4v) is 1.99. The van der Waals surface area contributed by atoms with E-state index >= 15 is 0 Å². The lowest BCUT2D eigenvalue weighted by molar-refractivity contribution is 0.415. The molecule has 4 heteroatoms. The smallest absolute Gasteiger partial charge is 0.132 e. The zero-order valence-corrected chi connectivity index (χ0v) is 11.8. The molecule has 0 spiro atoms. The van der Waals surface area contributed by atoms with E-state index in [4.69, 9.17) is 4.74 Å². The fraction of sp³-hybridized carbons (Fsp3) is 0.333. The summed E-state index contributed by atoms with van der Waals surface area (Å²) >= 11 is 0. The van der Waals surface area contributed by atoms with Crippen LogP contribution in [0.1, 0.15) is 18.3 Å². The number of ether oxygens (including phenoxy) is 1. The number of methoxy groups -OCH3 is 1. The van der Waals surface area contributed by atoms with Gasteiger partial charge < -0.3 is 10.1 Å². The van der Waals surface area contributed by atoms with Gasteiger partial charge in [-0.05, 0) is 31.2 Å². The summed E-state index contributed by atoms with van der Waals surface area (Å²) in [4.78, 5) is 9.12. The van der Waals surface area contributed by atoms with Crippen LogP contribution in [0.4, 0.5) is 5.82 Å². The van der Waals surface area contributed by atoms with Gasteiger partial charge in [-0.3, -0.25) is 0 Å². The number of rotatable bonds is 4. The number of aryl methyl sites for hydroxylation is 1. The van der Waals surface area contributed by atoms with Crippen molar-refractivity contribution in [2.75, 3.05) is 19.5 Å². The minimum atomic E-state index is 0.818. The molecular formula is C15H19N3O. The van der Waals surface area contributed by atoms with E-state index in [9.17, 15) is 0 Å². The lowest BCUT2D eigenvalue weighted by atomic mass is 10.1. The van der Waals surface area contributed by atoms with Gasteiger partial charge in [-0.25, -0.2) is 9.97 Å². The summed E-state index contributed by atoms with van der Waals surface area (Å²) in [6.07, 6.45) is 0.818. The van der Waals surface area contributed by atoms with Gasteiger partial charge in [0.1, 0.15) is 17.4 Å². The average molecular weight is 257 g/mol. The van der Waals surface area contributed by atoms with Crippen molar-refractivity contribution < 1.29 is 4.74 Å². The molecule has 1 aromatic heterocycles. The molecule has 0 saturated heterocycles. The molecule has 0 aliphatic heterocycles. The second-order valence-corrected chi connectivity index (χ2v) is 4.29. The fourth-order valence-electron chi connectivity index (χ4n) is 1.99. The molecule has 0 atom stereocenters. The minimum absolute atomic E-state index is 0.818. The first-order valence-corrected chi connectivity index (χ1v) is 6.39. The molecule has 0 radical (unpaired) electrons. The van der Waals surface area contributed by atoms with Gasteiger partial charge in [-0.15, -0.1) is 0 Å². The summed E-state index contributed by atoms with van der Waals surface area (Å²) in [5.74, 6) is 2.58. The van der Waals surface area contributed by atoms with Crippen molar-refractivity contribution in [1.82, 2.24) is 9.97 Å². The number of benzene rings is 1. The van der Waals surface area contributed by atoms with E-state index in [1.54, 1.807) is 7.11 Å². The van der Waals surface area contributed by atoms with Crippen molar-refractivity contribution >= 4 is 5.82 Å².